The quantitative estimate of drug-likeness (QED) is 0.713. The van der Waals surface area contributed by atoms with Gasteiger partial charge in [0.25, 0.3) is 0 Å². The van der Waals surface area contributed by atoms with Crippen LogP contribution >= 0.6 is 0 Å². The highest BCUT2D eigenvalue weighted by molar-refractivity contribution is 5.76. The number of aromatic nitrogens is 2. The first-order valence-corrected chi connectivity index (χ1v) is 4.62. The fourth-order valence-corrected chi connectivity index (χ4v) is 1.35. The number of rotatable bonds is 4. The van der Waals surface area contributed by atoms with E-state index in [0.29, 0.717) is 16.9 Å². The van der Waals surface area contributed by atoms with E-state index in [1.165, 1.54) is 6.07 Å². The van der Waals surface area contributed by atoms with Gasteiger partial charge in [0.05, 0.1) is 11.0 Å². The molecule has 6 heteroatoms. The Balaban J connectivity index is 2.10. The van der Waals surface area contributed by atoms with Crippen molar-refractivity contribution in [1.29, 1.82) is 0 Å². The molecule has 1 aromatic carbocycles. The lowest BCUT2D eigenvalue weighted by Gasteiger charge is -1.96. The van der Waals surface area contributed by atoms with Crippen LogP contribution in [0.15, 0.2) is 18.2 Å². The van der Waals surface area contributed by atoms with Crippen molar-refractivity contribution in [3.63, 3.8) is 0 Å². The first-order chi connectivity index (χ1) is 7.65. The van der Waals surface area contributed by atoms with Gasteiger partial charge in [0.2, 0.25) is 0 Å². The molecule has 2 aromatic rings. The number of aromatic amines is 1. The first kappa shape index (κ1) is 10.4. The molecule has 0 aliphatic heterocycles. The van der Waals surface area contributed by atoms with Gasteiger partial charge in [-0.05, 0) is 12.1 Å². The molecule has 1 heterocycles. The number of hydrogen-bond acceptors (Lipinski definition) is 4. The van der Waals surface area contributed by atoms with Gasteiger partial charge >= 0.3 is 5.97 Å². The number of H-pyrrole nitrogens is 1. The summed E-state index contributed by atoms with van der Waals surface area (Å²) in [5.41, 5.74) is 1.39. The number of benzene rings is 1. The second-order valence-corrected chi connectivity index (χ2v) is 3.27. The highest BCUT2D eigenvalue weighted by Gasteiger charge is 2.04. The molecule has 3 N–H and O–H groups in total. The van der Waals surface area contributed by atoms with Crippen LogP contribution in [0.4, 0.5) is 0 Å². The van der Waals surface area contributed by atoms with Crippen LogP contribution in [-0.4, -0.2) is 32.8 Å². The Kier molecular flexibility index (Phi) is 2.74. The van der Waals surface area contributed by atoms with Gasteiger partial charge in [-0.1, -0.05) is 0 Å². The average Bonchev–Trinajstić information content (AvgIpc) is 2.58. The molecule has 6 nitrogen and oxygen atoms in total. The summed E-state index contributed by atoms with van der Waals surface area (Å²) in [6, 6.07) is 4.75. The van der Waals surface area contributed by atoms with Gasteiger partial charge in [-0.3, -0.25) is 0 Å². The molecule has 0 spiro atoms. The standard InChI is InChI=1S/C10H10N2O4/c13-6-1-2-7-8(3-6)12-9(11-7)4-16-5-10(14)15/h1-3,13H,4-5H2,(H,11,12)(H,14,15). The summed E-state index contributed by atoms with van der Waals surface area (Å²) in [7, 11) is 0. The number of nitrogens with one attached hydrogen (secondary N) is 1. The maximum Gasteiger partial charge on any atom is 0.329 e. The summed E-state index contributed by atoms with van der Waals surface area (Å²) < 4.78 is 4.89. The number of hydrogen-bond donors (Lipinski definition) is 3. The molecule has 0 fully saturated rings. The lowest BCUT2D eigenvalue weighted by atomic mass is 10.3. The number of phenols is 1. The Labute approximate surface area is 90.5 Å². The van der Waals surface area contributed by atoms with Crippen LogP contribution in [0.3, 0.4) is 0 Å². The molecule has 2 rings (SSSR count). The number of nitrogens with zero attached hydrogens (tertiary/aromatic N) is 1. The van der Waals surface area contributed by atoms with Crippen molar-refractivity contribution in [2.24, 2.45) is 0 Å². The molecule has 0 aliphatic rings. The zero-order chi connectivity index (χ0) is 11.5. The normalized spacial score (nSPS) is 10.8. The highest BCUT2D eigenvalue weighted by Crippen LogP contribution is 2.17. The highest BCUT2D eigenvalue weighted by atomic mass is 16.5. The zero-order valence-electron chi connectivity index (χ0n) is 8.30. The van der Waals surface area contributed by atoms with E-state index in [-0.39, 0.29) is 19.0 Å². The predicted molar refractivity (Wildman–Crippen MR) is 55.1 cm³/mol. The number of aromatic hydroxyl groups is 1. The molecular weight excluding hydrogens is 212 g/mol. The number of carboxylic acid groups (broad SMARTS) is 1. The van der Waals surface area contributed by atoms with Crippen molar-refractivity contribution >= 4 is 17.0 Å². The molecule has 1 aromatic heterocycles. The molecule has 0 radical (unpaired) electrons. The maximum atomic E-state index is 10.2. The second-order valence-electron chi connectivity index (χ2n) is 3.27. The fraction of sp³-hybridized carbons (Fsp3) is 0.200. The number of carbonyl (C=O) groups is 1. The summed E-state index contributed by atoms with van der Waals surface area (Å²) in [6.45, 7) is -0.260. The Hall–Kier alpha value is -2.08. The van der Waals surface area contributed by atoms with E-state index in [1.54, 1.807) is 12.1 Å². The summed E-state index contributed by atoms with van der Waals surface area (Å²) >= 11 is 0. The van der Waals surface area contributed by atoms with E-state index in [2.05, 4.69) is 9.97 Å². The second kappa shape index (κ2) is 4.19. The minimum atomic E-state index is -1.02. The number of ether oxygens (including phenoxy) is 1. The summed E-state index contributed by atoms with van der Waals surface area (Å²) in [4.78, 5) is 17.3. The van der Waals surface area contributed by atoms with Crippen LogP contribution in [0.5, 0.6) is 5.75 Å². The van der Waals surface area contributed by atoms with Crippen molar-refractivity contribution in [2.75, 3.05) is 6.61 Å². The van der Waals surface area contributed by atoms with Crippen molar-refractivity contribution in [3.8, 4) is 5.75 Å². The van der Waals surface area contributed by atoms with Crippen LogP contribution in [0.2, 0.25) is 0 Å². The lowest BCUT2D eigenvalue weighted by molar-refractivity contribution is -0.142. The summed E-state index contributed by atoms with van der Waals surface area (Å²) in [5, 5.41) is 17.6. The topological polar surface area (TPSA) is 95.4 Å². The van der Waals surface area contributed by atoms with E-state index in [9.17, 15) is 9.90 Å². The molecule has 84 valence electrons. The smallest absolute Gasteiger partial charge is 0.329 e. The summed E-state index contributed by atoms with van der Waals surface area (Å²) in [6.07, 6.45) is 0. The number of imidazole rings is 1. The van der Waals surface area contributed by atoms with E-state index in [1.807, 2.05) is 0 Å². The van der Waals surface area contributed by atoms with Crippen LogP contribution in [0.1, 0.15) is 5.82 Å². The Bertz CT molecular complexity index is 521. The van der Waals surface area contributed by atoms with Crippen LogP contribution in [0.25, 0.3) is 11.0 Å². The number of carboxylic acids is 1. The van der Waals surface area contributed by atoms with Gasteiger partial charge in [0.1, 0.15) is 24.8 Å². The third kappa shape index (κ3) is 2.29. The molecule has 0 saturated heterocycles. The SMILES string of the molecule is O=C(O)COCc1nc2ccc(O)cc2[nH]1. The molecule has 0 saturated carbocycles. The average molecular weight is 222 g/mol. The van der Waals surface area contributed by atoms with Crippen molar-refractivity contribution in [3.05, 3.63) is 24.0 Å². The number of phenolic OH excluding ortho intramolecular Hbond substituents is 1. The molecule has 0 amide bonds. The molecule has 16 heavy (non-hydrogen) atoms. The van der Waals surface area contributed by atoms with E-state index in [4.69, 9.17) is 9.84 Å². The van der Waals surface area contributed by atoms with Gasteiger partial charge in [-0.2, -0.15) is 0 Å². The van der Waals surface area contributed by atoms with Gasteiger partial charge in [-0.15, -0.1) is 0 Å². The van der Waals surface area contributed by atoms with Crippen LogP contribution in [0, 0.1) is 0 Å². The lowest BCUT2D eigenvalue weighted by Crippen LogP contribution is -2.07. The minimum Gasteiger partial charge on any atom is -0.508 e. The Morgan fingerprint density at radius 3 is 3.06 bits per heavy atom. The summed E-state index contributed by atoms with van der Waals surface area (Å²) in [5.74, 6) is -0.343. The molecule has 0 bridgehead atoms. The third-order valence-corrected chi connectivity index (χ3v) is 1.98. The van der Waals surface area contributed by atoms with Crippen LogP contribution < -0.4 is 0 Å². The largest absolute Gasteiger partial charge is 0.508 e. The Morgan fingerprint density at radius 1 is 1.50 bits per heavy atom. The monoisotopic (exact) mass is 222 g/mol. The predicted octanol–water partition coefficient (Wildman–Crippen LogP) is 0.870. The third-order valence-electron chi connectivity index (χ3n) is 1.98. The van der Waals surface area contributed by atoms with E-state index in [0.717, 1.165) is 0 Å². The fourth-order valence-electron chi connectivity index (χ4n) is 1.35. The van der Waals surface area contributed by atoms with Gasteiger partial charge in [0, 0.05) is 6.07 Å². The van der Waals surface area contributed by atoms with Crippen molar-refractivity contribution in [2.45, 2.75) is 6.61 Å². The minimum absolute atomic E-state index is 0.0990. The first-order valence-electron chi connectivity index (χ1n) is 4.62. The number of aliphatic carboxylic acids is 1. The maximum absolute atomic E-state index is 10.2. The Morgan fingerprint density at radius 2 is 2.31 bits per heavy atom. The molecule has 0 atom stereocenters. The molecule has 0 unspecified atom stereocenters. The number of fused-ring (bicyclic) bond motifs is 1. The van der Waals surface area contributed by atoms with E-state index < -0.39 is 5.97 Å². The van der Waals surface area contributed by atoms with Crippen LogP contribution in [-0.2, 0) is 16.1 Å². The molecule has 0 aliphatic carbocycles. The van der Waals surface area contributed by atoms with E-state index >= 15 is 0 Å². The van der Waals surface area contributed by atoms with Gasteiger partial charge < -0.3 is 19.9 Å². The zero-order valence-corrected chi connectivity index (χ0v) is 8.30. The molecular formula is C10H10N2O4. The van der Waals surface area contributed by atoms with Gasteiger partial charge in [-0.25, -0.2) is 9.78 Å². The van der Waals surface area contributed by atoms with Crippen molar-refractivity contribution in [1.82, 2.24) is 9.97 Å². The van der Waals surface area contributed by atoms with Gasteiger partial charge in [0.15, 0.2) is 0 Å². The van der Waals surface area contributed by atoms with Crippen molar-refractivity contribution < 1.29 is 19.7 Å².